The molecule has 34 heavy (non-hydrogen) atoms. The standard InChI is InChI=1S/C19H24N2.C8H16N2O3/c1-16-15-21(14-13-20(16)2)19(17-9-5-3-6-10-17)18-11-7-4-8-12-18;11-7-9-6-4-2-1-3-5-8(12)10-13/h3-12,16,19H,13-15H2,1-2H3;7,13H,1-6H2,(H,9,11)(H,10,12). The maximum atomic E-state index is 10.5. The van der Waals surface area contributed by atoms with Gasteiger partial charge < -0.3 is 10.2 Å². The number of benzene rings is 2. The van der Waals surface area contributed by atoms with Gasteiger partial charge in [0, 0.05) is 38.6 Å². The lowest BCUT2D eigenvalue weighted by Crippen LogP contribution is -2.51. The van der Waals surface area contributed by atoms with Gasteiger partial charge in [0.15, 0.2) is 0 Å². The fourth-order valence-electron chi connectivity index (χ4n) is 4.18. The molecular weight excluding hydrogens is 428 g/mol. The topological polar surface area (TPSA) is 84.9 Å². The lowest BCUT2D eigenvalue weighted by atomic mass is 9.96. The first-order valence-electron chi connectivity index (χ1n) is 12.2. The zero-order valence-corrected chi connectivity index (χ0v) is 20.5. The third kappa shape index (κ3) is 9.63. The first kappa shape index (κ1) is 27.5. The Morgan fingerprint density at radius 3 is 2.12 bits per heavy atom. The predicted octanol–water partition coefficient (Wildman–Crippen LogP) is 3.60. The van der Waals surface area contributed by atoms with Gasteiger partial charge in [-0.3, -0.25) is 19.7 Å². The molecule has 1 saturated heterocycles. The third-order valence-corrected chi connectivity index (χ3v) is 6.27. The van der Waals surface area contributed by atoms with E-state index in [2.05, 4.69) is 89.8 Å². The SMILES string of the molecule is CC1CN(C(c2ccccc2)c2ccccc2)CCN1C.O=CNCCCCCCC(=O)NO. The Labute approximate surface area is 204 Å². The van der Waals surface area contributed by atoms with Crippen LogP contribution >= 0.6 is 0 Å². The molecule has 0 spiro atoms. The molecule has 2 aromatic rings. The molecule has 3 rings (SSSR count). The number of nitrogens with one attached hydrogen (secondary N) is 2. The molecule has 1 fully saturated rings. The van der Waals surface area contributed by atoms with Crippen LogP contribution in [0.15, 0.2) is 60.7 Å². The lowest BCUT2D eigenvalue weighted by Gasteiger charge is -2.42. The van der Waals surface area contributed by atoms with E-state index in [4.69, 9.17) is 5.21 Å². The molecule has 3 N–H and O–H groups in total. The van der Waals surface area contributed by atoms with Crippen molar-refractivity contribution in [2.24, 2.45) is 0 Å². The molecule has 7 nitrogen and oxygen atoms in total. The van der Waals surface area contributed by atoms with Crippen LogP contribution in [0.25, 0.3) is 0 Å². The molecule has 0 aromatic heterocycles. The van der Waals surface area contributed by atoms with E-state index in [-0.39, 0.29) is 5.91 Å². The van der Waals surface area contributed by atoms with Crippen LogP contribution in [0.3, 0.4) is 0 Å². The minimum atomic E-state index is -0.342. The second-order valence-corrected chi connectivity index (χ2v) is 8.82. The molecule has 1 heterocycles. The summed E-state index contributed by atoms with van der Waals surface area (Å²) in [6.45, 7) is 6.38. The van der Waals surface area contributed by atoms with Crippen molar-refractivity contribution >= 4 is 12.3 Å². The molecule has 0 aliphatic carbocycles. The molecule has 1 aliphatic heterocycles. The number of hydrogen-bond donors (Lipinski definition) is 3. The fourth-order valence-corrected chi connectivity index (χ4v) is 4.18. The molecule has 1 atom stereocenters. The van der Waals surface area contributed by atoms with Crippen LogP contribution < -0.4 is 10.8 Å². The van der Waals surface area contributed by atoms with Gasteiger partial charge in [0.25, 0.3) is 0 Å². The molecule has 1 aliphatic rings. The zero-order chi connectivity index (χ0) is 24.6. The zero-order valence-electron chi connectivity index (χ0n) is 20.5. The molecule has 2 aromatic carbocycles. The van der Waals surface area contributed by atoms with Crippen LogP contribution in [0.1, 0.15) is 56.2 Å². The quantitative estimate of drug-likeness (QED) is 0.203. The monoisotopic (exact) mass is 468 g/mol. The Morgan fingerprint density at radius 1 is 1.00 bits per heavy atom. The Morgan fingerprint density at radius 2 is 1.59 bits per heavy atom. The minimum absolute atomic E-state index is 0.342. The van der Waals surface area contributed by atoms with Crippen molar-refractivity contribution in [1.82, 2.24) is 20.6 Å². The van der Waals surface area contributed by atoms with Crippen molar-refractivity contribution in [2.75, 3.05) is 33.2 Å². The summed E-state index contributed by atoms with van der Waals surface area (Å²) in [5, 5.41) is 10.7. The van der Waals surface area contributed by atoms with Gasteiger partial charge in [-0.1, -0.05) is 73.5 Å². The van der Waals surface area contributed by atoms with E-state index in [1.165, 1.54) is 11.1 Å². The molecular formula is C27H40N4O3. The Balaban J connectivity index is 0.000000273. The first-order valence-corrected chi connectivity index (χ1v) is 12.2. The summed E-state index contributed by atoms with van der Waals surface area (Å²) in [7, 11) is 2.22. The van der Waals surface area contributed by atoms with Crippen LogP contribution in [0.4, 0.5) is 0 Å². The predicted molar refractivity (Wildman–Crippen MR) is 135 cm³/mol. The lowest BCUT2D eigenvalue weighted by molar-refractivity contribution is -0.129. The van der Waals surface area contributed by atoms with Crippen molar-refractivity contribution < 1.29 is 14.8 Å². The summed E-state index contributed by atoms with van der Waals surface area (Å²) in [5.41, 5.74) is 4.36. The molecule has 7 heteroatoms. The summed E-state index contributed by atoms with van der Waals surface area (Å²) in [6.07, 6.45) is 4.66. The average molecular weight is 469 g/mol. The Bertz CT molecular complexity index is 780. The van der Waals surface area contributed by atoms with E-state index in [1.807, 2.05) is 0 Å². The number of unbranched alkanes of at least 4 members (excludes halogenated alkanes) is 3. The van der Waals surface area contributed by atoms with E-state index in [1.54, 1.807) is 5.48 Å². The van der Waals surface area contributed by atoms with Gasteiger partial charge in [-0.25, -0.2) is 5.48 Å². The molecule has 186 valence electrons. The number of hydroxylamine groups is 1. The van der Waals surface area contributed by atoms with Crippen molar-refractivity contribution in [3.05, 3.63) is 71.8 Å². The normalized spacial score (nSPS) is 16.4. The highest BCUT2D eigenvalue weighted by atomic mass is 16.5. The molecule has 0 saturated carbocycles. The molecule has 0 bridgehead atoms. The number of rotatable bonds is 11. The molecule has 2 amide bonds. The summed E-state index contributed by atoms with van der Waals surface area (Å²) in [5.74, 6) is -0.342. The van der Waals surface area contributed by atoms with E-state index in [0.717, 1.165) is 45.3 Å². The van der Waals surface area contributed by atoms with E-state index in [0.29, 0.717) is 31.5 Å². The van der Waals surface area contributed by atoms with E-state index in [9.17, 15) is 9.59 Å². The van der Waals surface area contributed by atoms with Crippen LogP contribution in [-0.4, -0.2) is 66.6 Å². The van der Waals surface area contributed by atoms with Gasteiger partial charge >= 0.3 is 0 Å². The summed E-state index contributed by atoms with van der Waals surface area (Å²) < 4.78 is 0. The Hall–Kier alpha value is -2.74. The molecule has 1 unspecified atom stereocenters. The Kier molecular flexibility index (Phi) is 12.9. The fraction of sp³-hybridized carbons (Fsp3) is 0.481. The highest BCUT2D eigenvalue weighted by molar-refractivity contribution is 5.74. The maximum Gasteiger partial charge on any atom is 0.243 e. The van der Waals surface area contributed by atoms with Crippen LogP contribution in [0.2, 0.25) is 0 Å². The number of nitrogens with zero attached hydrogens (tertiary/aromatic N) is 2. The summed E-state index contributed by atoms with van der Waals surface area (Å²) in [4.78, 5) is 25.4. The van der Waals surface area contributed by atoms with Crippen LogP contribution in [0, 0.1) is 0 Å². The van der Waals surface area contributed by atoms with E-state index >= 15 is 0 Å². The maximum absolute atomic E-state index is 10.5. The number of carbonyl (C=O) groups is 2. The van der Waals surface area contributed by atoms with Gasteiger partial charge in [-0.2, -0.15) is 0 Å². The second kappa shape index (κ2) is 16.0. The minimum Gasteiger partial charge on any atom is -0.359 e. The largest absolute Gasteiger partial charge is 0.359 e. The van der Waals surface area contributed by atoms with Gasteiger partial charge in [0.1, 0.15) is 0 Å². The number of piperazine rings is 1. The highest BCUT2D eigenvalue weighted by Gasteiger charge is 2.28. The smallest absolute Gasteiger partial charge is 0.243 e. The van der Waals surface area contributed by atoms with Gasteiger partial charge in [0.2, 0.25) is 12.3 Å². The van der Waals surface area contributed by atoms with Crippen molar-refractivity contribution in [2.45, 2.75) is 51.1 Å². The van der Waals surface area contributed by atoms with Gasteiger partial charge in [-0.05, 0) is 37.9 Å². The summed E-state index contributed by atoms with van der Waals surface area (Å²) in [6, 6.07) is 22.7. The number of carbonyl (C=O) groups excluding carboxylic acids is 2. The highest BCUT2D eigenvalue weighted by Crippen LogP contribution is 2.30. The van der Waals surface area contributed by atoms with Crippen molar-refractivity contribution in [1.29, 1.82) is 0 Å². The summed E-state index contributed by atoms with van der Waals surface area (Å²) >= 11 is 0. The van der Waals surface area contributed by atoms with Gasteiger partial charge in [-0.15, -0.1) is 0 Å². The van der Waals surface area contributed by atoms with Crippen molar-refractivity contribution in [3.8, 4) is 0 Å². The van der Waals surface area contributed by atoms with E-state index < -0.39 is 0 Å². The van der Waals surface area contributed by atoms with Gasteiger partial charge in [0.05, 0.1) is 6.04 Å². The molecule has 0 radical (unpaired) electrons. The van der Waals surface area contributed by atoms with Crippen LogP contribution in [0.5, 0.6) is 0 Å². The average Bonchev–Trinajstić information content (AvgIpc) is 2.87. The number of hydrogen-bond acceptors (Lipinski definition) is 5. The number of amides is 2. The van der Waals surface area contributed by atoms with Crippen LogP contribution in [-0.2, 0) is 9.59 Å². The second-order valence-electron chi connectivity index (χ2n) is 8.82. The number of likely N-dealkylation sites (N-methyl/N-ethyl adjacent to an activating group) is 1. The first-order chi connectivity index (χ1) is 16.6. The van der Waals surface area contributed by atoms with Crippen molar-refractivity contribution in [3.63, 3.8) is 0 Å². The third-order valence-electron chi connectivity index (χ3n) is 6.27.